The fraction of sp³-hybridized carbons (Fsp3) is 0.417. The van der Waals surface area contributed by atoms with Gasteiger partial charge in [-0.05, 0) is 37.0 Å². The van der Waals surface area contributed by atoms with Crippen LogP contribution in [0, 0.1) is 5.92 Å². The Kier molecular flexibility index (Phi) is 3.41. The average Bonchev–Trinajstić information content (AvgIpc) is 2.27. The molecular formula is C12H15NO4S. The van der Waals surface area contributed by atoms with E-state index in [1.165, 1.54) is 24.3 Å². The monoisotopic (exact) mass is 269 g/mol. The Hall–Kier alpha value is -1.40. The van der Waals surface area contributed by atoms with Crippen LogP contribution in [0.5, 0.6) is 0 Å². The van der Waals surface area contributed by atoms with E-state index < -0.39 is 16.0 Å². The van der Waals surface area contributed by atoms with E-state index >= 15 is 0 Å². The topological polar surface area (TPSA) is 83.5 Å². The predicted octanol–water partition coefficient (Wildman–Crippen LogP) is 1.46. The van der Waals surface area contributed by atoms with E-state index in [2.05, 4.69) is 11.6 Å². The van der Waals surface area contributed by atoms with E-state index in [0.717, 1.165) is 12.8 Å². The molecule has 98 valence electrons. The number of carbonyl (C=O) groups is 1. The number of benzene rings is 1. The zero-order chi connectivity index (χ0) is 13.3. The molecule has 1 aromatic rings. The summed E-state index contributed by atoms with van der Waals surface area (Å²) >= 11 is 0. The fourth-order valence-electron chi connectivity index (χ4n) is 2.08. The van der Waals surface area contributed by atoms with E-state index in [1.807, 2.05) is 0 Å². The molecule has 6 heteroatoms. The highest BCUT2D eigenvalue weighted by Gasteiger charge is 2.29. The standard InChI is InChI=1S/C12H15NO4S/c1-8-5-10(6-8)13-18(16,17)11-4-2-3-9(7-11)12(14)15/h2-4,7-8,10,13H,5-6H2,1H3,(H,14,15). The van der Waals surface area contributed by atoms with Crippen molar-refractivity contribution in [3.8, 4) is 0 Å². The van der Waals surface area contributed by atoms with Gasteiger partial charge in [-0.25, -0.2) is 17.9 Å². The number of carboxylic acids is 1. The van der Waals surface area contributed by atoms with Gasteiger partial charge >= 0.3 is 5.97 Å². The van der Waals surface area contributed by atoms with Crippen LogP contribution in [-0.4, -0.2) is 25.5 Å². The first kappa shape index (κ1) is 13.0. The third-order valence-electron chi connectivity index (χ3n) is 3.09. The first-order valence-electron chi connectivity index (χ1n) is 5.74. The number of carboxylic acid groups (broad SMARTS) is 1. The quantitative estimate of drug-likeness (QED) is 0.866. The van der Waals surface area contributed by atoms with Crippen molar-refractivity contribution in [2.75, 3.05) is 0 Å². The van der Waals surface area contributed by atoms with Gasteiger partial charge in [-0.1, -0.05) is 13.0 Å². The van der Waals surface area contributed by atoms with Crippen LogP contribution in [-0.2, 0) is 10.0 Å². The van der Waals surface area contributed by atoms with Crippen LogP contribution in [0.3, 0.4) is 0 Å². The minimum absolute atomic E-state index is 0.00181. The molecule has 2 N–H and O–H groups in total. The lowest BCUT2D eigenvalue weighted by molar-refractivity contribution is 0.0696. The van der Waals surface area contributed by atoms with Crippen molar-refractivity contribution in [1.29, 1.82) is 0 Å². The third kappa shape index (κ3) is 2.70. The lowest BCUT2D eigenvalue weighted by Gasteiger charge is -2.32. The Morgan fingerprint density at radius 3 is 2.61 bits per heavy atom. The molecule has 1 aliphatic rings. The lowest BCUT2D eigenvalue weighted by atomic mass is 9.83. The summed E-state index contributed by atoms with van der Waals surface area (Å²) in [5.74, 6) is -0.590. The van der Waals surface area contributed by atoms with E-state index in [0.29, 0.717) is 5.92 Å². The molecule has 0 radical (unpaired) electrons. The summed E-state index contributed by atoms with van der Waals surface area (Å²) in [5.41, 5.74) is -0.0279. The molecule has 0 aliphatic heterocycles. The summed E-state index contributed by atoms with van der Waals surface area (Å²) in [6, 6.07) is 5.34. The minimum atomic E-state index is -3.61. The maximum Gasteiger partial charge on any atom is 0.335 e. The van der Waals surface area contributed by atoms with Crippen molar-refractivity contribution in [2.45, 2.75) is 30.7 Å². The molecule has 0 spiro atoms. The van der Waals surface area contributed by atoms with Gasteiger partial charge in [0.05, 0.1) is 10.5 Å². The molecule has 2 rings (SSSR count). The van der Waals surface area contributed by atoms with E-state index in [4.69, 9.17) is 5.11 Å². The van der Waals surface area contributed by atoms with Crippen molar-refractivity contribution >= 4 is 16.0 Å². The molecule has 1 fully saturated rings. The molecule has 5 nitrogen and oxygen atoms in total. The van der Waals surface area contributed by atoms with Crippen molar-refractivity contribution < 1.29 is 18.3 Å². The molecule has 0 amide bonds. The fourth-order valence-corrected chi connectivity index (χ4v) is 3.39. The van der Waals surface area contributed by atoms with E-state index in [1.54, 1.807) is 0 Å². The van der Waals surface area contributed by atoms with Crippen LogP contribution in [0.25, 0.3) is 0 Å². The summed E-state index contributed by atoms with van der Waals surface area (Å²) < 4.78 is 26.6. The summed E-state index contributed by atoms with van der Waals surface area (Å²) in [6.45, 7) is 2.07. The molecule has 18 heavy (non-hydrogen) atoms. The first-order valence-corrected chi connectivity index (χ1v) is 7.22. The zero-order valence-corrected chi connectivity index (χ0v) is 10.8. The molecule has 1 aliphatic carbocycles. The summed E-state index contributed by atoms with van der Waals surface area (Å²) in [7, 11) is -3.61. The van der Waals surface area contributed by atoms with Crippen molar-refractivity contribution in [2.24, 2.45) is 5.92 Å². The molecule has 0 saturated heterocycles. The Morgan fingerprint density at radius 2 is 2.06 bits per heavy atom. The Labute approximate surface area is 106 Å². The van der Waals surface area contributed by atoms with E-state index in [-0.39, 0.29) is 16.5 Å². The van der Waals surface area contributed by atoms with Crippen LogP contribution in [0.1, 0.15) is 30.1 Å². The Balaban J connectivity index is 2.19. The smallest absolute Gasteiger partial charge is 0.335 e. The second-order valence-electron chi connectivity index (χ2n) is 4.73. The van der Waals surface area contributed by atoms with Gasteiger partial charge in [0, 0.05) is 6.04 Å². The third-order valence-corrected chi connectivity index (χ3v) is 4.61. The number of nitrogens with one attached hydrogen (secondary N) is 1. The predicted molar refractivity (Wildman–Crippen MR) is 65.9 cm³/mol. The number of hydrogen-bond acceptors (Lipinski definition) is 3. The van der Waals surface area contributed by atoms with Crippen LogP contribution in [0.15, 0.2) is 29.2 Å². The lowest BCUT2D eigenvalue weighted by Crippen LogP contribution is -2.43. The minimum Gasteiger partial charge on any atom is -0.478 e. The van der Waals surface area contributed by atoms with Gasteiger partial charge in [0.1, 0.15) is 0 Å². The van der Waals surface area contributed by atoms with Crippen molar-refractivity contribution in [3.63, 3.8) is 0 Å². The Bertz CT molecular complexity index is 561. The van der Waals surface area contributed by atoms with E-state index in [9.17, 15) is 13.2 Å². The maximum atomic E-state index is 12.0. The molecule has 0 aromatic heterocycles. The van der Waals surface area contributed by atoms with Gasteiger partial charge in [-0.3, -0.25) is 0 Å². The number of sulfonamides is 1. The molecule has 0 atom stereocenters. The highest BCUT2D eigenvalue weighted by atomic mass is 32.2. The summed E-state index contributed by atoms with van der Waals surface area (Å²) in [6.07, 6.45) is 1.66. The van der Waals surface area contributed by atoms with Gasteiger partial charge < -0.3 is 5.11 Å². The molecule has 0 unspecified atom stereocenters. The van der Waals surface area contributed by atoms with Crippen LogP contribution >= 0.6 is 0 Å². The molecule has 0 heterocycles. The van der Waals surface area contributed by atoms with Crippen LogP contribution in [0.4, 0.5) is 0 Å². The maximum absolute atomic E-state index is 12.0. The van der Waals surface area contributed by atoms with Crippen molar-refractivity contribution in [1.82, 2.24) is 4.72 Å². The second kappa shape index (κ2) is 4.70. The van der Waals surface area contributed by atoms with Gasteiger partial charge in [0.15, 0.2) is 0 Å². The number of aromatic carboxylic acids is 1. The van der Waals surface area contributed by atoms with Gasteiger partial charge in [0.2, 0.25) is 10.0 Å². The highest BCUT2D eigenvalue weighted by molar-refractivity contribution is 7.89. The largest absolute Gasteiger partial charge is 0.478 e. The first-order chi connectivity index (χ1) is 8.38. The molecule has 1 aromatic carbocycles. The second-order valence-corrected chi connectivity index (χ2v) is 6.44. The average molecular weight is 269 g/mol. The van der Waals surface area contributed by atoms with Gasteiger partial charge in [-0.2, -0.15) is 0 Å². The van der Waals surface area contributed by atoms with Gasteiger partial charge in [-0.15, -0.1) is 0 Å². The zero-order valence-electron chi connectivity index (χ0n) is 9.96. The van der Waals surface area contributed by atoms with Gasteiger partial charge in [0.25, 0.3) is 0 Å². The van der Waals surface area contributed by atoms with Crippen LogP contribution < -0.4 is 4.72 Å². The molecular weight excluding hydrogens is 254 g/mol. The Morgan fingerprint density at radius 1 is 1.39 bits per heavy atom. The van der Waals surface area contributed by atoms with Crippen LogP contribution in [0.2, 0.25) is 0 Å². The molecule has 0 bridgehead atoms. The van der Waals surface area contributed by atoms with Crippen molar-refractivity contribution in [3.05, 3.63) is 29.8 Å². The normalized spacial score (nSPS) is 23.4. The number of hydrogen-bond donors (Lipinski definition) is 2. The number of rotatable bonds is 4. The highest BCUT2D eigenvalue weighted by Crippen LogP contribution is 2.27. The molecule has 1 saturated carbocycles. The SMILES string of the molecule is CC1CC(NS(=O)(=O)c2cccc(C(=O)O)c2)C1. The summed E-state index contributed by atoms with van der Waals surface area (Å²) in [4.78, 5) is 10.8. The summed E-state index contributed by atoms with van der Waals surface area (Å²) in [5, 5.41) is 8.83.